The molecule has 6 heteroatoms. The van der Waals surface area contributed by atoms with Gasteiger partial charge in [0.25, 0.3) is 0 Å². The lowest BCUT2D eigenvalue weighted by Gasteiger charge is -2.30. The van der Waals surface area contributed by atoms with Crippen LogP contribution in [0.25, 0.3) is 0 Å². The molecule has 0 amide bonds. The maximum Gasteiger partial charge on any atom is 0.191 e. The van der Waals surface area contributed by atoms with Crippen molar-refractivity contribution in [2.45, 2.75) is 31.8 Å². The van der Waals surface area contributed by atoms with Crippen molar-refractivity contribution in [3.63, 3.8) is 0 Å². The van der Waals surface area contributed by atoms with Crippen LogP contribution in [-0.4, -0.2) is 49.5 Å². The molecule has 0 radical (unpaired) electrons. The van der Waals surface area contributed by atoms with E-state index < -0.39 is 5.60 Å². The van der Waals surface area contributed by atoms with Crippen LogP contribution < -0.4 is 10.6 Å². The standard InChI is InChI=1S/C17H26ClN3O2/c1-2-19-16(21-13-17(22)8-11-23-12-9-17)20-10-7-14-3-5-15(18)6-4-14/h3-6,22H,2,7-13H2,1H3,(H2,19,20,21). The van der Waals surface area contributed by atoms with Gasteiger partial charge >= 0.3 is 0 Å². The Morgan fingerprint density at radius 3 is 2.61 bits per heavy atom. The van der Waals surface area contributed by atoms with E-state index in [4.69, 9.17) is 16.3 Å². The van der Waals surface area contributed by atoms with E-state index in [-0.39, 0.29) is 0 Å². The molecule has 1 saturated heterocycles. The van der Waals surface area contributed by atoms with Crippen LogP contribution in [0, 0.1) is 0 Å². The van der Waals surface area contributed by atoms with Gasteiger partial charge in [0.1, 0.15) is 0 Å². The summed E-state index contributed by atoms with van der Waals surface area (Å²) in [6, 6.07) is 7.85. The van der Waals surface area contributed by atoms with Crippen LogP contribution in [0.1, 0.15) is 25.3 Å². The molecular weight excluding hydrogens is 314 g/mol. The smallest absolute Gasteiger partial charge is 0.191 e. The van der Waals surface area contributed by atoms with Crippen molar-refractivity contribution in [3.8, 4) is 0 Å². The van der Waals surface area contributed by atoms with E-state index in [0.29, 0.717) is 32.6 Å². The molecule has 0 bridgehead atoms. The van der Waals surface area contributed by atoms with Gasteiger partial charge in [-0.3, -0.25) is 4.99 Å². The van der Waals surface area contributed by atoms with E-state index in [1.54, 1.807) is 0 Å². The van der Waals surface area contributed by atoms with E-state index in [1.165, 1.54) is 5.56 Å². The fourth-order valence-corrected chi connectivity index (χ4v) is 2.58. The second-order valence-corrected chi connectivity index (χ2v) is 6.27. The summed E-state index contributed by atoms with van der Waals surface area (Å²) in [6.45, 7) is 5.19. The summed E-state index contributed by atoms with van der Waals surface area (Å²) in [5.74, 6) is 0.737. The molecule has 0 unspecified atom stereocenters. The average Bonchev–Trinajstić information content (AvgIpc) is 2.55. The number of rotatable bonds is 6. The van der Waals surface area contributed by atoms with Gasteiger partial charge in [-0.2, -0.15) is 0 Å². The quantitative estimate of drug-likeness (QED) is 0.547. The highest BCUT2D eigenvalue weighted by atomic mass is 35.5. The van der Waals surface area contributed by atoms with E-state index in [1.807, 2.05) is 31.2 Å². The highest BCUT2D eigenvalue weighted by Gasteiger charge is 2.29. The van der Waals surface area contributed by atoms with E-state index in [0.717, 1.165) is 30.5 Å². The second-order valence-electron chi connectivity index (χ2n) is 5.84. The molecule has 1 fully saturated rings. The first kappa shape index (κ1) is 18.0. The molecule has 0 aliphatic carbocycles. The number of ether oxygens (including phenoxy) is 1. The van der Waals surface area contributed by atoms with Gasteiger partial charge in [-0.05, 0) is 31.0 Å². The molecule has 2 rings (SSSR count). The van der Waals surface area contributed by atoms with E-state index in [2.05, 4.69) is 15.6 Å². The number of aliphatic imine (C=N–C) groups is 1. The van der Waals surface area contributed by atoms with Crippen LogP contribution in [0.3, 0.4) is 0 Å². The van der Waals surface area contributed by atoms with Crippen LogP contribution in [0.2, 0.25) is 5.02 Å². The maximum absolute atomic E-state index is 10.5. The Labute approximate surface area is 143 Å². The molecule has 1 aromatic rings. The van der Waals surface area contributed by atoms with Crippen LogP contribution in [0.5, 0.6) is 0 Å². The Balaban J connectivity index is 1.82. The lowest BCUT2D eigenvalue weighted by molar-refractivity contribution is -0.0565. The molecule has 1 aliphatic heterocycles. The van der Waals surface area contributed by atoms with Gasteiger partial charge in [0.2, 0.25) is 0 Å². The third-order valence-corrected chi connectivity index (χ3v) is 4.17. The van der Waals surface area contributed by atoms with Crippen molar-refractivity contribution in [1.29, 1.82) is 0 Å². The predicted octanol–water partition coefficient (Wildman–Crippen LogP) is 1.98. The number of aliphatic hydroxyl groups is 1. The number of halogens is 1. The monoisotopic (exact) mass is 339 g/mol. The summed E-state index contributed by atoms with van der Waals surface area (Å²) in [5, 5.41) is 17.7. The Hall–Kier alpha value is -1.30. The number of nitrogens with one attached hydrogen (secondary N) is 2. The zero-order valence-corrected chi connectivity index (χ0v) is 14.4. The van der Waals surface area contributed by atoms with Gasteiger partial charge in [0, 0.05) is 44.2 Å². The summed E-state index contributed by atoms with van der Waals surface area (Å²) in [6.07, 6.45) is 2.17. The molecule has 0 aromatic heterocycles. The van der Waals surface area contributed by atoms with Crippen molar-refractivity contribution in [2.24, 2.45) is 4.99 Å². The van der Waals surface area contributed by atoms with Gasteiger partial charge in [-0.25, -0.2) is 0 Å². The summed E-state index contributed by atoms with van der Waals surface area (Å²) >= 11 is 5.89. The van der Waals surface area contributed by atoms with E-state index >= 15 is 0 Å². The normalized spacial score (nSPS) is 17.8. The minimum Gasteiger partial charge on any atom is -0.388 e. The first-order valence-corrected chi connectivity index (χ1v) is 8.56. The Bertz CT molecular complexity index is 499. The summed E-state index contributed by atoms with van der Waals surface area (Å²) < 4.78 is 5.29. The third-order valence-electron chi connectivity index (χ3n) is 3.92. The highest BCUT2D eigenvalue weighted by molar-refractivity contribution is 6.30. The SMILES string of the molecule is CCNC(=NCC1(O)CCOCC1)NCCc1ccc(Cl)cc1. The number of hydrogen-bond acceptors (Lipinski definition) is 3. The van der Waals surface area contributed by atoms with Crippen molar-refractivity contribution in [3.05, 3.63) is 34.9 Å². The topological polar surface area (TPSA) is 65.9 Å². The van der Waals surface area contributed by atoms with Crippen molar-refractivity contribution in [1.82, 2.24) is 10.6 Å². The number of benzene rings is 1. The number of nitrogens with zero attached hydrogens (tertiary/aromatic N) is 1. The fourth-order valence-electron chi connectivity index (χ4n) is 2.45. The number of guanidine groups is 1. The summed E-state index contributed by atoms with van der Waals surface area (Å²) in [4.78, 5) is 4.52. The molecule has 0 atom stereocenters. The first-order chi connectivity index (χ1) is 11.1. The molecule has 0 spiro atoms. The zero-order valence-electron chi connectivity index (χ0n) is 13.6. The molecule has 3 N–H and O–H groups in total. The predicted molar refractivity (Wildman–Crippen MR) is 94.1 cm³/mol. The summed E-state index contributed by atoms with van der Waals surface area (Å²) in [5.41, 5.74) is 0.484. The lowest BCUT2D eigenvalue weighted by atomic mass is 9.95. The summed E-state index contributed by atoms with van der Waals surface area (Å²) in [7, 11) is 0. The van der Waals surface area contributed by atoms with Gasteiger partial charge in [0.15, 0.2) is 5.96 Å². The first-order valence-electron chi connectivity index (χ1n) is 8.18. The van der Waals surface area contributed by atoms with Crippen molar-refractivity contribution < 1.29 is 9.84 Å². The third kappa shape index (κ3) is 6.37. The molecule has 5 nitrogen and oxygen atoms in total. The molecule has 23 heavy (non-hydrogen) atoms. The van der Waals surface area contributed by atoms with Gasteiger partial charge in [-0.15, -0.1) is 0 Å². The fraction of sp³-hybridized carbons (Fsp3) is 0.588. The second kappa shape index (κ2) is 9.11. The van der Waals surface area contributed by atoms with Gasteiger partial charge in [-0.1, -0.05) is 23.7 Å². The average molecular weight is 340 g/mol. The van der Waals surface area contributed by atoms with Crippen LogP contribution in [-0.2, 0) is 11.2 Å². The Morgan fingerprint density at radius 2 is 1.96 bits per heavy atom. The van der Waals surface area contributed by atoms with Gasteiger partial charge in [0.05, 0.1) is 12.1 Å². The minimum atomic E-state index is -0.739. The van der Waals surface area contributed by atoms with E-state index in [9.17, 15) is 5.11 Å². The molecule has 1 heterocycles. The molecule has 1 aromatic carbocycles. The van der Waals surface area contributed by atoms with Crippen LogP contribution >= 0.6 is 11.6 Å². The maximum atomic E-state index is 10.5. The largest absolute Gasteiger partial charge is 0.388 e. The highest BCUT2D eigenvalue weighted by Crippen LogP contribution is 2.20. The van der Waals surface area contributed by atoms with Crippen molar-refractivity contribution in [2.75, 3.05) is 32.8 Å². The van der Waals surface area contributed by atoms with Crippen LogP contribution in [0.4, 0.5) is 0 Å². The van der Waals surface area contributed by atoms with Gasteiger partial charge < -0.3 is 20.5 Å². The number of hydrogen-bond donors (Lipinski definition) is 3. The van der Waals surface area contributed by atoms with Crippen LogP contribution in [0.15, 0.2) is 29.3 Å². The Morgan fingerprint density at radius 1 is 1.26 bits per heavy atom. The Kier molecular flexibility index (Phi) is 7.15. The zero-order chi connectivity index (χ0) is 16.5. The molecule has 1 aliphatic rings. The molecule has 128 valence electrons. The minimum absolute atomic E-state index is 0.395. The molecular formula is C17H26ClN3O2. The lowest BCUT2D eigenvalue weighted by Crippen LogP contribution is -2.43. The van der Waals surface area contributed by atoms with Crippen molar-refractivity contribution >= 4 is 17.6 Å². The molecule has 0 saturated carbocycles.